The summed E-state index contributed by atoms with van der Waals surface area (Å²) in [5.41, 5.74) is 2.81. The molecule has 2 aliphatic heterocycles. The Morgan fingerprint density at radius 2 is 1.74 bits per heavy atom. The van der Waals surface area contributed by atoms with E-state index in [1.807, 2.05) is 18.2 Å². The van der Waals surface area contributed by atoms with E-state index in [4.69, 9.17) is 19.2 Å². The molecule has 0 saturated carbocycles. The number of piperidine rings is 1. The molecular formula is C31H31N3O4. The van der Waals surface area contributed by atoms with Crippen LogP contribution in [0.25, 0.3) is 10.9 Å². The quantitative estimate of drug-likeness (QED) is 0.356. The largest absolute Gasteiger partial charge is 0.486 e. The maximum Gasteiger partial charge on any atom is 0.262 e. The normalized spacial score (nSPS) is 15.3. The number of hydrogen-bond acceptors (Lipinski definition) is 6. The van der Waals surface area contributed by atoms with Gasteiger partial charge in [0.2, 0.25) is 0 Å². The van der Waals surface area contributed by atoms with Gasteiger partial charge in [0.15, 0.2) is 18.1 Å². The topological polar surface area (TPSA) is 72.9 Å². The molecule has 7 heteroatoms. The fourth-order valence-corrected chi connectivity index (χ4v) is 5.18. The van der Waals surface area contributed by atoms with Crippen molar-refractivity contribution in [2.24, 2.45) is 5.92 Å². The van der Waals surface area contributed by atoms with Crippen LogP contribution in [0.5, 0.6) is 17.2 Å². The SMILES string of the molecule is O=C(COc1cccc2ccc(N3CCC(Cc4ccccc4)CC3)nc12)Nc1ccc2c(c1)OCCO2. The molecule has 0 atom stereocenters. The lowest BCUT2D eigenvalue weighted by molar-refractivity contribution is -0.118. The molecule has 3 aromatic carbocycles. The lowest BCUT2D eigenvalue weighted by Crippen LogP contribution is -2.34. The molecular weight excluding hydrogens is 478 g/mol. The van der Waals surface area contributed by atoms with Crippen LogP contribution in [0.3, 0.4) is 0 Å². The van der Waals surface area contributed by atoms with Gasteiger partial charge in [0.05, 0.1) is 0 Å². The Balaban J connectivity index is 1.09. The second-order valence-electron chi connectivity index (χ2n) is 9.81. The Bertz CT molecular complexity index is 1420. The number of hydrogen-bond donors (Lipinski definition) is 1. The molecule has 1 N–H and O–H groups in total. The third-order valence-corrected chi connectivity index (χ3v) is 7.16. The fourth-order valence-electron chi connectivity index (χ4n) is 5.18. The summed E-state index contributed by atoms with van der Waals surface area (Å²) in [6.45, 7) is 2.87. The summed E-state index contributed by atoms with van der Waals surface area (Å²) in [5, 5.41) is 3.85. The molecule has 6 rings (SSSR count). The zero-order valence-corrected chi connectivity index (χ0v) is 21.3. The molecule has 1 saturated heterocycles. The van der Waals surface area contributed by atoms with Crippen LogP contribution in [0.2, 0.25) is 0 Å². The summed E-state index contributed by atoms with van der Waals surface area (Å²) < 4.78 is 17.1. The Morgan fingerprint density at radius 3 is 2.58 bits per heavy atom. The van der Waals surface area contributed by atoms with Gasteiger partial charge < -0.3 is 24.4 Å². The van der Waals surface area contributed by atoms with Crippen LogP contribution in [-0.4, -0.2) is 43.8 Å². The Labute approximate surface area is 222 Å². The van der Waals surface area contributed by atoms with E-state index in [-0.39, 0.29) is 12.5 Å². The Hall–Kier alpha value is -4.26. The predicted octanol–water partition coefficient (Wildman–Crippen LogP) is 5.48. The van der Waals surface area contributed by atoms with Gasteiger partial charge in [0.25, 0.3) is 5.91 Å². The molecule has 0 aliphatic carbocycles. The maximum absolute atomic E-state index is 12.6. The molecule has 1 fully saturated rings. The summed E-state index contributed by atoms with van der Waals surface area (Å²) in [4.78, 5) is 19.9. The maximum atomic E-state index is 12.6. The van der Waals surface area contributed by atoms with E-state index in [0.717, 1.165) is 49.1 Å². The van der Waals surface area contributed by atoms with Gasteiger partial charge in [-0.25, -0.2) is 4.98 Å². The number of nitrogens with one attached hydrogen (secondary N) is 1. The number of nitrogens with zero attached hydrogens (tertiary/aromatic N) is 2. The van der Waals surface area contributed by atoms with Crippen LogP contribution in [0.15, 0.2) is 78.9 Å². The molecule has 4 aromatic rings. The number of pyridine rings is 1. The van der Waals surface area contributed by atoms with Crippen molar-refractivity contribution in [3.05, 3.63) is 84.4 Å². The number of aromatic nitrogens is 1. The smallest absolute Gasteiger partial charge is 0.262 e. The van der Waals surface area contributed by atoms with E-state index in [9.17, 15) is 4.79 Å². The molecule has 0 bridgehead atoms. The molecule has 1 amide bonds. The van der Waals surface area contributed by atoms with E-state index >= 15 is 0 Å². The molecule has 1 aromatic heterocycles. The second kappa shape index (κ2) is 11.0. The molecule has 0 radical (unpaired) electrons. The van der Waals surface area contributed by atoms with Crippen LogP contribution in [0.4, 0.5) is 11.5 Å². The number of ether oxygens (including phenoxy) is 3. The average molecular weight is 510 g/mol. The van der Waals surface area contributed by atoms with Crippen molar-refractivity contribution in [2.45, 2.75) is 19.3 Å². The van der Waals surface area contributed by atoms with Crippen LogP contribution < -0.4 is 24.4 Å². The van der Waals surface area contributed by atoms with Crippen molar-refractivity contribution in [3.8, 4) is 17.2 Å². The fraction of sp³-hybridized carbons (Fsp3) is 0.290. The van der Waals surface area contributed by atoms with Crippen molar-refractivity contribution >= 4 is 28.3 Å². The van der Waals surface area contributed by atoms with E-state index in [1.54, 1.807) is 18.2 Å². The van der Waals surface area contributed by atoms with Gasteiger partial charge in [0.1, 0.15) is 30.3 Å². The highest BCUT2D eigenvalue weighted by Crippen LogP contribution is 2.33. The molecule has 2 aliphatic rings. The summed E-state index contributed by atoms with van der Waals surface area (Å²) >= 11 is 0. The van der Waals surface area contributed by atoms with Crippen LogP contribution in [-0.2, 0) is 11.2 Å². The lowest BCUT2D eigenvalue weighted by atomic mass is 9.90. The van der Waals surface area contributed by atoms with E-state index in [1.165, 1.54) is 5.56 Å². The van der Waals surface area contributed by atoms with E-state index in [0.29, 0.717) is 42.1 Å². The van der Waals surface area contributed by atoms with Gasteiger partial charge >= 0.3 is 0 Å². The monoisotopic (exact) mass is 509 g/mol. The third-order valence-electron chi connectivity index (χ3n) is 7.16. The first kappa shape index (κ1) is 24.1. The molecule has 7 nitrogen and oxygen atoms in total. The molecule has 194 valence electrons. The number of carbonyl (C=O) groups excluding carboxylic acids is 1. The van der Waals surface area contributed by atoms with Crippen molar-refractivity contribution in [2.75, 3.05) is 43.1 Å². The van der Waals surface area contributed by atoms with Crippen molar-refractivity contribution in [3.63, 3.8) is 0 Å². The van der Waals surface area contributed by atoms with Crippen LogP contribution >= 0.6 is 0 Å². The minimum absolute atomic E-state index is 0.121. The van der Waals surface area contributed by atoms with Gasteiger partial charge in [-0.1, -0.05) is 42.5 Å². The van der Waals surface area contributed by atoms with Crippen LogP contribution in [0.1, 0.15) is 18.4 Å². The van der Waals surface area contributed by atoms with Crippen LogP contribution in [0, 0.1) is 5.92 Å². The van der Waals surface area contributed by atoms with Crippen molar-refractivity contribution < 1.29 is 19.0 Å². The highest BCUT2D eigenvalue weighted by Gasteiger charge is 2.21. The van der Waals surface area contributed by atoms with Gasteiger partial charge in [-0.3, -0.25) is 4.79 Å². The Kier molecular flexibility index (Phi) is 6.98. The number of anilines is 2. The predicted molar refractivity (Wildman–Crippen MR) is 148 cm³/mol. The summed E-state index contributed by atoms with van der Waals surface area (Å²) in [6.07, 6.45) is 3.42. The lowest BCUT2D eigenvalue weighted by Gasteiger charge is -2.33. The number of carbonyl (C=O) groups is 1. The van der Waals surface area contributed by atoms with Gasteiger partial charge in [-0.15, -0.1) is 0 Å². The molecule has 0 unspecified atom stereocenters. The third kappa shape index (κ3) is 5.52. The van der Waals surface area contributed by atoms with E-state index in [2.05, 4.69) is 52.7 Å². The number of fused-ring (bicyclic) bond motifs is 2. The first-order valence-corrected chi connectivity index (χ1v) is 13.2. The van der Waals surface area contributed by atoms with Gasteiger partial charge in [-0.2, -0.15) is 0 Å². The number of benzene rings is 3. The first-order valence-electron chi connectivity index (χ1n) is 13.2. The van der Waals surface area contributed by atoms with Gasteiger partial charge in [-0.05, 0) is 61.1 Å². The molecule has 3 heterocycles. The Morgan fingerprint density at radius 1 is 0.921 bits per heavy atom. The second-order valence-corrected chi connectivity index (χ2v) is 9.81. The van der Waals surface area contributed by atoms with E-state index < -0.39 is 0 Å². The zero-order valence-electron chi connectivity index (χ0n) is 21.3. The van der Waals surface area contributed by atoms with Gasteiger partial charge in [0, 0.05) is 30.2 Å². The molecule has 38 heavy (non-hydrogen) atoms. The minimum atomic E-state index is -0.254. The number of para-hydroxylation sites is 1. The number of amides is 1. The van der Waals surface area contributed by atoms with Crippen molar-refractivity contribution in [1.29, 1.82) is 0 Å². The summed E-state index contributed by atoms with van der Waals surface area (Å²) in [5.74, 6) is 3.30. The summed E-state index contributed by atoms with van der Waals surface area (Å²) in [6, 6.07) is 26.1. The first-order chi connectivity index (χ1) is 18.7. The number of rotatable bonds is 7. The highest BCUT2D eigenvalue weighted by atomic mass is 16.6. The van der Waals surface area contributed by atoms with Crippen molar-refractivity contribution in [1.82, 2.24) is 4.98 Å². The molecule has 0 spiro atoms. The summed E-state index contributed by atoms with van der Waals surface area (Å²) in [7, 11) is 0. The highest BCUT2D eigenvalue weighted by molar-refractivity contribution is 5.93. The standard InChI is InChI=1S/C31H31N3O4/c35-30(32-25-10-11-26-28(20-25)37-18-17-36-26)21-38-27-8-4-7-24-9-12-29(33-31(24)27)34-15-13-23(14-16-34)19-22-5-2-1-3-6-22/h1-12,20,23H,13-19,21H2,(H,32,35). The average Bonchev–Trinajstić information content (AvgIpc) is 2.97. The minimum Gasteiger partial charge on any atom is -0.486 e. The zero-order chi connectivity index (χ0) is 25.7.